The van der Waals surface area contributed by atoms with Crippen molar-refractivity contribution in [3.05, 3.63) is 33.9 Å². The molecule has 1 saturated heterocycles. The van der Waals surface area contributed by atoms with E-state index in [0.29, 0.717) is 24.3 Å². The van der Waals surface area contributed by atoms with Crippen molar-refractivity contribution in [1.82, 2.24) is 5.32 Å². The summed E-state index contributed by atoms with van der Waals surface area (Å²) in [6.07, 6.45) is 1.57. The third kappa shape index (κ3) is 3.24. The lowest BCUT2D eigenvalue weighted by molar-refractivity contribution is -0.384. The van der Waals surface area contributed by atoms with Crippen LogP contribution in [-0.4, -0.2) is 36.8 Å². The molecule has 0 bridgehead atoms. The van der Waals surface area contributed by atoms with Gasteiger partial charge in [-0.25, -0.2) is 0 Å². The number of nitrogens with one attached hydrogen (secondary N) is 1. The van der Waals surface area contributed by atoms with Gasteiger partial charge < -0.3 is 10.2 Å². The van der Waals surface area contributed by atoms with Crippen LogP contribution < -0.4 is 10.2 Å². The molecule has 1 aliphatic heterocycles. The van der Waals surface area contributed by atoms with Crippen LogP contribution >= 0.6 is 0 Å². The van der Waals surface area contributed by atoms with Gasteiger partial charge in [0.25, 0.3) is 5.69 Å². The molecule has 0 aliphatic carbocycles. The van der Waals surface area contributed by atoms with Crippen molar-refractivity contribution < 1.29 is 14.5 Å². The first-order valence-corrected chi connectivity index (χ1v) is 7.20. The maximum atomic E-state index is 11.8. The third-order valence-corrected chi connectivity index (χ3v) is 3.96. The molecule has 118 valence electrons. The molecule has 1 aromatic carbocycles. The van der Waals surface area contributed by atoms with Crippen molar-refractivity contribution in [2.75, 3.05) is 25.0 Å². The van der Waals surface area contributed by atoms with E-state index in [1.165, 1.54) is 13.0 Å². The molecule has 0 saturated carbocycles. The number of nitro groups is 1. The first-order valence-electron chi connectivity index (χ1n) is 7.20. The number of amides is 1. The number of carbonyl (C=O) groups is 2. The summed E-state index contributed by atoms with van der Waals surface area (Å²) < 4.78 is 0. The second-order valence-corrected chi connectivity index (χ2v) is 5.42. The van der Waals surface area contributed by atoms with E-state index in [9.17, 15) is 19.7 Å². The van der Waals surface area contributed by atoms with Crippen molar-refractivity contribution in [2.45, 2.75) is 19.8 Å². The predicted molar refractivity (Wildman–Crippen MR) is 82.1 cm³/mol. The molecule has 22 heavy (non-hydrogen) atoms. The highest BCUT2D eigenvalue weighted by atomic mass is 16.6. The number of nitrogens with zero attached hydrogens (tertiary/aromatic N) is 2. The van der Waals surface area contributed by atoms with Crippen LogP contribution in [-0.2, 0) is 4.79 Å². The van der Waals surface area contributed by atoms with Crippen LogP contribution in [0.3, 0.4) is 0 Å². The monoisotopic (exact) mass is 305 g/mol. The number of hydrogen-bond donors (Lipinski definition) is 1. The van der Waals surface area contributed by atoms with Gasteiger partial charge in [0.1, 0.15) is 5.69 Å². The minimum absolute atomic E-state index is 0.0484. The average molecular weight is 305 g/mol. The van der Waals surface area contributed by atoms with Gasteiger partial charge in [-0.2, -0.15) is 0 Å². The summed E-state index contributed by atoms with van der Waals surface area (Å²) in [5.74, 6) is -0.435. The Morgan fingerprint density at radius 1 is 1.41 bits per heavy atom. The fourth-order valence-electron chi connectivity index (χ4n) is 2.77. The Hall–Kier alpha value is -2.44. The molecular formula is C15H19N3O4. The fourth-order valence-corrected chi connectivity index (χ4v) is 2.77. The van der Waals surface area contributed by atoms with E-state index in [4.69, 9.17) is 0 Å². The lowest BCUT2D eigenvalue weighted by Crippen LogP contribution is -2.42. The van der Waals surface area contributed by atoms with E-state index in [1.807, 2.05) is 4.90 Å². The first-order chi connectivity index (χ1) is 10.4. The largest absolute Gasteiger partial charge is 0.365 e. The minimum atomic E-state index is -0.481. The highest BCUT2D eigenvalue weighted by Gasteiger charge is 2.29. The zero-order valence-electron chi connectivity index (χ0n) is 12.7. The SMILES string of the molecule is CNC(=O)C1CCCN(c2ccc(C(C)=O)cc2[N+](=O)[O-])C1. The van der Waals surface area contributed by atoms with Crippen LogP contribution in [0.2, 0.25) is 0 Å². The molecule has 7 heteroatoms. The van der Waals surface area contributed by atoms with Crippen molar-refractivity contribution in [3.8, 4) is 0 Å². The third-order valence-electron chi connectivity index (χ3n) is 3.96. The van der Waals surface area contributed by atoms with E-state index in [1.54, 1.807) is 19.2 Å². The molecule has 7 nitrogen and oxygen atoms in total. The van der Waals surface area contributed by atoms with Gasteiger partial charge in [0.2, 0.25) is 5.91 Å². The van der Waals surface area contributed by atoms with Crippen molar-refractivity contribution in [2.24, 2.45) is 5.92 Å². The van der Waals surface area contributed by atoms with Crippen molar-refractivity contribution >= 4 is 23.1 Å². The van der Waals surface area contributed by atoms with Gasteiger partial charge in [-0.05, 0) is 31.9 Å². The summed E-state index contributed by atoms with van der Waals surface area (Å²) in [5, 5.41) is 13.9. The van der Waals surface area contributed by atoms with Crippen LogP contribution in [0.25, 0.3) is 0 Å². The first kappa shape index (κ1) is 15.9. The van der Waals surface area contributed by atoms with Gasteiger partial charge in [0.15, 0.2) is 5.78 Å². The van der Waals surface area contributed by atoms with E-state index in [-0.39, 0.29) is 23.3 Å². The predicted octanol–water partition coefficient (Wildman–Crippen LogP) is 1.76. The Labute approximate surface area is 128 Å². The quantitative estimate of drug-likeness (QED) is 0.520. The average Bonchev–Trinajstić information content (AvgIpc) is 2.53. The molecule has 1 N–H and O–H groups in total. The van der Waals surface area contributed by atoms with E-state index >= 15 is 0 Å². The second-order valence-electron chi connectivity index (χ2n) is 5.42. The van der Waals surface area contributed by atoms with Crippen LogP contribution in [0.1, 0.15) is 30.1 Å². The number of piperidine rings is 1. The zero-order valence-corrected chi connectivity index (χ0v) is 12.7. The summed E-state index contributed by atoms with van der Waals surface area (Å²) in [7, 11) is 1.59. The lowest BCUT2D eigenvalue weighted by atomic mass is 9.96. The Morgan fingerprint density at radius 2 is 2.14 bits per heavy atom. The molecule has 1 unspecified atom stereocenters. The summed E-state index contributed by atoms with van der Waals surface area (Å²) in [6.45, 7) is 2.48. The van der Waals surface area contributed by atoms with Crippen LogP contribution in [0.5, 0.6) is 0 Å². The van der Waals surface area contributed by atoms with Crippen molar-refractivity contribution in [3.63, 3.8) is 0 Å². The number of hydrogen-bond acceptors (Lipinski definition) is 5. The topological polar surface area (TPSA) is 92.6 Å². The smallest absolute Gasteiger partial charge is 0.293 e. The number of nitro benzene ring substituents is 1. The number of benzene rings is 1. The molecule has 1 fully saturated rings. The molecule has 1 aromatic rings. The maximum Gasteiger partial charge on any atom is 0.293 e. The van der Waals surface area contributed by atoms with Gasteiger partial charge in [-0.3, -0.25) is 19.7 Å². The number of Topliss-reactive ketones (excluding diaryl/α,β-unsaturated/α-hetero) is 1. The van der Waals surface area contributed by atoms with Gasteiger partial charge in [0.05, 0.1) is 10.8 Å². The number of rotatable bonds is 4. The summed E-state index contributed by atoms with van der Waals surface area (Å²) in [4.78, 5) is 35.9. The fraction of sp³-hybridized carbons (Fsp3) is 0.467. The number of carbonyl (C=O) groups excluding carboxylic acids is 2. The van der Waals surface area contributed by atoms with Gasteiger partial charge in [0, 0.05) is 31.8 Å². The molecule has 1 heterocycles. The second kappa shape index (κ2) is 6.55. The molecule has 1 aliphatic rings. The van der Waals surface area contributed by atoms with Crippen LogP contribution in [0.15, 0.2) is 18.2 Å². The molecular weight excluding hydrogens is 286 g/mol. The van der Waals surface area contributed by atoms with Crippen LogP contribution in [0.4, 0.5) is 11.4 Å². The lowest BCUT2D eigenvalue weighted by Gasteiger charge is -2.33. The Kier molecular flexibility index (Phi) is 4.75. The molecule has 1 amide bonds. The molecule has 0 spiro atoms. The van der Waals surface area contributed by atoms with E-state index < -0.39 is 4.92 Å². The minimum Gasteiger partial charge on any atom is -0.365 e. The normalized spacial score (nSPS) is 17.9. The zero-order chi connectivity index (χ0) is 16.3. The summed E-state index contributed by atoms with van der Waals surface area (Å²) in [6, 6.07) is 4.50. The Bertz CT molecular complexity index is 615. The highest BCUT2D eigenvalue weighted by Crippen LogP contribution is 2.32. The Morgan fingerprint density at radius 3 is 2.73 bits per heavy atom. The van der Waals surface area contributed by atoms with Crippen LogP contribution in [0, 0.1) is 16.0 Å². The van der Waals surface area contributed by atoms with E-state index in [2.05, 4.69) is 5.32 Å². The van der Waals surface area contributed by atoms with Crippen molar-refractivity contribution in [1.29, 1.82) is 0 Å². The maximum absolute atomic E-state index is 11.8. The molecule has 2 rings (SSSR count). The van der Waals surface area contributed by atoms with Gasteiger partial charge in [-0.1, -0.05) is 0 Å². The summed E-state index contributed by atoms with van der Waals surface area (Å²) >= 11 is 0. The number of anilines is 1. The Balaban J connectivity index is 2.33. The van der Waals surface area contributed by atoms with Gasteiger partial charge in [-0.15, -0.1) is 0 Å². The molecule has 0 aromatic heterocycles. The number of ketones is 1. The summed E-state index contributed by atoms with van der Waals surface area (Å²) in [5.41, 5.74) is 0.684. The standard InChI is InChI=1S/C15H19N3O4/c1-10(19)11-5-6-13(14(8-11)18(21)22)17-7-3-4-12(9-17)15(20)16-2/h5-6,8,12H,3-4,7,9H2,1-2H3,(H,16,20). The molecule has 1 atom stereocenters. The van der Waals surface area contributed by atoms with E-state index in [0.717, 1.165) is 12.8 Å². The molecule has 0 radical (unpaired) electrons. The highest BCUT2D eigenvalue weighted by molar-refractivity contribution is 5.95. The van der Waals surface area contributed by atoms with Gasteiger partial charge >= 0.3 is 0 Å².